The molecule has 0 radical (unpaired) electrons. The van der Waals surface area contributed by atoms with Gasteiger partial charge in [0.2, 0.25) is 12.0 Å². The maximum absolute atomic E-state index is 11.4. The molecule has 2 atom stereocenters. The molecule has 1 aliphatic rings. The van der Waals surface area contributed by atoms with Crippen molar-refractivity contribution < 1.29 is 19.0 Å². The molecule has 0 aliphatic carbocycles. The Morgan fingerprint density at radius 2 is 2.27 bits per heavy atom. The molecule has 1 unspecified atom stereocenters. The lowest BCUT2D eigenvalue weighted by Gasteiger charge is -2.15. The number of ether oxygens (including phenoxy) is 3. The number of esters is 1. The number of carbonyl (C=O) groups excluding carboxylic acids is 1. The van der Waals surface area contributed by atoms with Crippen LogP contribution < -0.4 is 0 Å². The summed E-state index contributed by atoms with van der Waals surface area (Å²) in [5.74, 6) is -0.195. The van der Waals surface area contributed by atoms with Gasteiger partial charge < -0.3 is 14.2 Å². The van der Waals surface area contributed by atoms with E-state index in [4.69, 9.17) is 14.2 Å². The summed E-state index contributed by atoms with van der Waals surface area (Å²) in [6.07, 6.45) is 3.28. The molecule has 1 fully saturated rings. The Morgan fingerprint density at radius 1 is 1.53 bits per heavy atom. The topological polar surface area (TPSA) is 44.8 Å². The van der Waals surface area contributed by atoms with E-state index in [0.29, 0.717) is 6.61 Å². The maximum Gasteiger partial charge on any atom is 0.373 e. The second-order valence-corrected chi connectivity index (χ2v) is 3.44. The van der Waals surface area contributed by atoms with Gasteiger partial charge in [0.25, 0.3) is 0 Å². The summed E-state index contributed by atoms with van der Waals surface area (Å²) >= 11 is 0. The Kier molecular flexibility index (Phi) is 4.62. The first-order valence-electron chi connectivity index (χ1n) is 5.33. The van der Waals surface area contributed by atoms with Crippen LogP contribution in [0.2, 0.25) is 0 Å². The standard InChI is InChI=1S/C11H18O4/c1-4-9(11(12)13-5-2)15-10-7-6-8(3)14-10/h4,8,10H,5-7H2,1-3H3/b9-4+/t8?,10-/m1/s1. The highest BCUT2D eigenvalue weighted by Crippen LogP contribution is 2.22. The van der Waals surface area contributed by atoms with Gasteiger partial charge in [-0.3, -0.25) is 0 Å². The molecule has 15 heavy (non-hydrogen) atoms. The zero-order valence-electron chi connectivity index (χ0n) is 9.49. The van der Waals surface area contributed by atoms with E-state index in [9.17, 15) is 4.79 Å². The van der Waals surface area contributed by atoms with Gasteiger partial charge in [-0.25, -0.2) is 4.79 Å². The van der Waals surface area contributed by atoms with Gasteiger partial charge >= 0.3 is 5.97 Å². The predicted molar refractivity (Wildman–Crippen MR) is 55.0 cm³/mol. The zero-order chi connectivity index (χ0) is 11.3. The average molecular weight is 214 g/mol. The van der Waals surface area contributed by atoms with Crippen molar-refractivity contribution in [1.29, 1.82) is 0 Å². The quantitative estimate of drug-likeness (QED) is 0.408. The molecular formula is C11H18O4. The van der Waals surface area contributed by atoms with Crippen LogP contribution in [-0.4, -0.2) is 25.0 Å². The summed E-state index contributed by atoms with van der Waals surface area (Å²) in [6.45, 7) is 5.84. The second-order valence-electron chi connectivity index (χ2n) is 3.44. The minimum absolute atomic E-state index is 0.204. The third kappa shape index (κ3) is 3.55. The van der Waals surface area contributed by atoms with E-state index in [0.717, 1.165) is 12.8 Å². The highest BCUT2D eigenvalue weighted by atomic mass is 16.7. The lowest BCUT2D eigenvalue weighted by Crippen LogP contribution is -2.18. The van der Waals surface area contributed by atoms with Crippen molar-refractivity contribution in [1.82, 2.24) is 0 Å². The Balaban J connectivity index is 2.44. The Hall–Kier alpha value is -1.03. The van der Waals surface area contributed by atoms with Crippen molar-refractivity contribution in [3.63, 3.8) is 0 Å². The number of hydrogen-bond acceptors (Lipinski definition) is 4. The van der Waals surface area contributed by atoms with Gasteiger partial charge in [0.15, 0.2) is 0 Å². The fourth-order valence-corrected chi connectivity index (χ4v) is 1.43. The lowest BCUT2D eigenvalue weighted by atomic mass is 10.3. The Labute approximate surface area is 90.2 Å². The number of rotatable bonds is 4. The van der Waals surface area contributed by atoms with Crippen LogP contribution in [0.5, 0.6) is 0 Å². The molecule has 0 aromatic heterocycles. The first-order chi connectivity index (χ1) is 7.17. The van der Waals surface area contributed by atoms with Crippen LogP contribution in [0.4, 0.5) is 0 Å². The summed E-state index contributed by atoms with van der Waals surface area (Å²) < 4.78 is 15.7. The molecule has 0 spiro atoms. The Bertz CT molecular complexity index is 247. The van der Waals surface area contributed by atoms with E-state index >= 15 is 0 Å². The maximum atomic E-state index is 11.4. The van der Waals surface area contributed by atoms with Crippen molar-refractivity contribution in [3.05, 3.63) is 11.8 Å². The molecule has 1 aliphatic heterocycles. The van der Waals surface area contributed by atoms with Gasteiger partial charge in [0, 0.05) is 6.42 Å². The molecule has 0 bridgehead atoms. The average Bonchev–Trinajstić information content (AvgIpc) is 2.61. The second kappa shape index (κ2) is 5.75. The molecule has 0 amide bonds. The van der Waals surface area contributed by atoms with E-state index in [-0.39, 0.29) is 18.2 Å². The third-order valence-electron chi connectivity index (χ3n) is 2.19. The molecular weight excluding hydrogens is 196 g/mol. The summed E-state index contributed by atoms with van der Waals surface area (Å²) in [7, 11) is 0. The van der Waals surface area contributed by atoms with Crippen molar-refractivity contribution in [3.8, 4) is 0 Å². The zero-order valence-corrected chi connectivity index (χ0v) is 9.49. The van der Waals surface area contributed by atoms with E-state index in [1.165, 1.54) is 0 Å². The van der Waals surface area contributed by atoms with Crippen LogP contribution in [0.15, 0.2) is 11.8 Å². The summed E-state index contributed by atoms with van der Waals surface area (Å²) in [4.78, 5) is 11.4. The minimum atomic E-state index is -0.428. The minimum Gasteiger partial charge on any atom is -0.460 e. The van der Waals surface area contributed by atoms with Crippen molar-refractivity contribution in [2.24, 2.45) is 0 Å². The summed E-state index contributed by atoms with van der Waals surface area (Å²) in [5, 5.41) is 0. The molecule has 1 rings (SSSR count). The molecule has 0 N–H and O–H groups in total. The normalized spacial score (nSPS) is 26.5. The van der Waals surface area contributed by atoms with Crippen LogP contribution in [0.3, 0.4) is 0 Å². The fourth-order valence-electron chi connectivity index (χ4n) is 1.43. The molecule has 4 heteroatoms. The molecule has 0 saturated carbocycles. The first-order valence-corrected chi connectivity index (χ1v) is 5.33. The smallest absolute Gasteiger partial charge is 0.373 e. The van der Waals surface area contributed by atoms with Crippen LogP contribution in [0.25, 0.3) is 0 Å². The van der Waals surface area contributed by atoms with Gasteiger partial charge in [-0.05, 0) is 33.3 Å². The SMILES string of the molecule is C/C=C(/O[C@@H]1CCC(C)O1)C(=O)OCC. The largest absolute Gasteiger partial charge is 0.460 e. The van der Waals surface area contributed by atoms with Crippen LogP contribution in [0, 0.1) is 0 Å². The van der Waals surface area contributed by atoms with Gasteiger partial charge in [-0.1, -0.05) is 0 Å². The van der Waals surface area contributed by atoms with Crippen molar-refractivity contribution in [2.45, 2.75) is 46.0 Å². The number of hydrogen-bond donors (Lipinski definition) is 0. The van der Waals surface area contributed by atoms with Gasteiger partial charge in [-0.15, -0.1) is 0 Å². The number of allylic oxidation sites excluding steroid dienone is 1. The molecule has 1 heterocycles. The Morgan fingerprint density at radius 3 is 2.73 bits per heavy atom. The molecule has 0 aromatic carbocycles. The van der Waals surface area contributed by atoms with E-state index in [2.05, 4.69) is 0 Å². The van der Waals surface area contributed by atoms with Crippen molar-refractivity contribution in [2.75, 3.05) is 6.61 Å². The van der Waals surface area contributed by atoms with Crippen LogP contribution in [-0.2, 0) is 19.0 Å². The van der Waals surface area contributed by atoms with Crippen LogP contribution >= 0.6 is 0 Å². The molecule has 1 saturated heterocycles. The summed E-state index contributed by atoms with van der Waals surface area (Å²) in [5.41, 5.74) is 0. The highest BCUT2D eigenvalue weighted by Gasteiger charge is 2.25. The summed E-state index contributed by atoms with van der Waals surface area (Å²) in [6, 6.07) is 0. The molecule has 86 valence electrons. The van der Waals surface area contributed by atoms with E-state index < -0.39 is 5.97 Å². The van der Waals surface area contributed by atoms with Gasteiger partial charge in [0.1, 0.15) is 0 Å². The monoisotopic (exact) mass is 214 g/mol. The number of carbonyl (C=O) groups is 1. The third-order valence-corrected chi connectivity index (χ3v) is 2.19. The van der Waals surface area contributed by atoms with Crippen LogP contribution in [0.1, 0.15) is 33.6 Å². The first kappa shape index (κ1) is 12.0. The van der Waals surface area contributed by atoms with Gasteiger partial charge in [0.05, 0.1) is 12.7 Å². The van der Waals surface area contributed by atoms with Crippen molar-refractivity contribution >= 4 is 5.97 Å². The molecule has 4 nitrogen and oxygen atoms in total. The van der Waals surface area contributed by atoms with Gasteiger partial charge in [-0.2, -0.15) is 0 Å². The van der Waals surface area contributed by atoms with E-state index in [1.54, 1.807) is 19.9 Å². The van der Waals surface area contributed by atoms with E-state index in [1.807, 2.05) is 6.92 Å². The predicted octanol–water partition coefficient (Wildman–Crippen LogP) is 1.99. The highest BCUT2D eigenvalue weighted by molar-refractivity contribution is 5.86. The lowest BCUT2D eigenvalue weighted by molar-refractivity contribution is -0.153. The molecule has 0 aromatic rings. The fraction of sp³-hybridized carbons (Fsp3) is 0.727.